The van der Waals surface area contributed by atoms with E-state index in [4.69, 9.17) is 4.74 Å². The second-order valence-electron chi connectivity index (χ2n) is 19.9. The predicted octanol–water partition coefficient (Wildman–Crippen LogP) is 2.51. The highest BCUT2D eigenvalue weighted by atomic mass is 16.5. The van der Waals surface area contributed by atoms with Crippen LogP contribution in [0.15, 0.2) is 78.9 Å². The molecule has 3 aromatic carbocycles. The number of carboxylic acids is 1. The summed E-state index contributed by atoms with van der Waals surface area (Å²) in [5.74, 6) is -9.28. The highest BCUT2D eigenvalue weighted by Gasteiger charge is 2.46. The molecule has 2 bridgehead atoms. The van der Waals surface area contributed by atoms with Crippen molar-refractivity contribution in [2.45, 2.75) is 166 Å². The van der Waals surface area contributed by atoms with Gasteiger partial charge in [-0.3, -0.25) is 38.4 Å². The van der Waals surface area contributed by atoms with E-state index in [2.05, 4.69) is 26.6 Å². The number of ether oxygens (including phenoxy) is 1. The maximum atomic E-state index is 15.1. The maximum absolute atomic E-state index is 15.1. The molecule has 3 aromatic rings. The fourth-order valence-electron chi connectivity index (χ4n) is 9.22. The minimum absolute atomic E-state index is 0.0303. The zero-order chi connectivity index (χ0) is 55.6. The fourth-order valence-corrected chi connectivity index (χ4v) is 9.22. The van der Waals surface area contributed by atoms with Gasteiger partial charge in [0.15, 0.2) is 0 Å². The number of piperidine rings is 1. The van der Waals surface area contributed by atoms with Gasteiger partial charge in [0.2, 0.25) is 41.4 Å². The van der Waals surface area contributed by atoms with Crippen molar-refractivity contribution in [3.05, 3.63) is 95.6 Å². The predicted molar refractivity (Wildman–Crippen MR) is 276 cm³/mol. The number of carbonyl (C=O) groups excluding carboxylic acids is 8. The number of aromatic hydroxyl groups is 2. The fraction of sp³-hybridized carbons (Fsp3) is 0.509. The molecule has 0 aromatic heterocycles. The van der Waals surface area contributed by atoms with E-state index in [9.17, 15) is 58.8 Å². The first-order valence-corrected chi connectivity index (χ1v) is 26.0. The number of cyclic esters (lactones) is 1. The molecular formula is C55H73N7O14. The van der Waals surface area contributed by atoms with E-state index in [0.717, 1.165) is 35.5 Å². The van der Waals surface area contributed by atoms with E-state index < -0.39 is 127 Å². The van der Waals surface area contributed by atoms with Crippen molar-refractivity contribution in [2.75, 3.05) is 7.05 Å². The molecule has 9 unspecified atom stereocenters. The summed E-state index contributed by atoms with van der Waals surface area (Å²) in [6.45, 7) is 6.52. The van der Waals surface area contributed by atoms with Crippen LogP contribution in [0.4, 0.5) is 0 Å². The number of esters is 1. The largest absolute Gasteiger partial charge is 0.508 e. The maximum Gasteiger partial charge on any atom is 0.329 e. The summed E-state index contributed by atoms with van der Waals surface area (Å²) in [6, 6.07) is 9.55. The van der Waals surface area contributed by atoms with Gasteiger partial charge in [0.05, 0.1) is 0 Å². The van der Waals surface area contributed by atoms with Gasteiger partial charge >= 0.3 is 11.9 Å². The second-order valence-corrected chi connectivity index (χ2v) is 19.9. The number of nitrogens with zero attached hydrogens (tertiary/aromatic N) is 2. The van der Waals surface area contributed by atoms with E-state index in [-0.39, 0.29) is 50.0 Å². The van der Waals surface area contributed by atoms with Crippen LogP contribution in [0.25, 0.3) is 0 Å². The van der Waals surface area contributed by atoms with Crippen LogP contribution in [0, 0.1) is 5.92 Å². The van der Waals surface area contributed by atoms with E-state index in [1.54, 1.807) is 56.3 Å². The highest BCUT2D eigenvalue weighted by molar-refractivity contribution is 5.98. The van der Waals surface area contributed by atoms with Crippen molar-refractivity contribution in [3.8, 4) is 11.5 Å². The van der Waals surface area contributed by atoms with Gasteiger partial charge < -0.3 is 61.5 Å². The van der Waals surface area contributed by atoms with Crippen LogP contribution in [0.2, 0.25) is 0 Å². The van der Waals surface area contributed by atoms with Gasteiger partial charge in [-0.2, -0.15) is 0 Å². The molecule has 0 spiro atoms. The Morgan fingerprint density at radius 1 is 0.711 bits per heavy atom. The van der Waals surface area contributed by atoms with Crippen LogP contribution in [0.3, 0.4) is 0 Å². The molecule has 0 saturated carbocycles. The van der Waals surface area contributed by atoms with Gasteiger partial charge in [0, 0.05) is 39.2 Å². The third-order valence-electron chi connectivity index (χ3n) is 13.7. The molecule has 5 rings (SSSR count). The summed E-state index contributed by atoms with van der Waals surface area (Å²) in [4.78, 5) is 130. The Kier molecular flexibility index (Phi) is 22.2. The number of amides is 7. The van der Waals surface area contributed by atoms with Crippen LogP contribution < -0.4 is 26.6 Å². The first-order valence-electron chi connectivity index (χ1n) is 26.0. The lowest BCUT2D eigenvalue weighted by molar-refractivity contribution is -0.165. The Hall–Kier alpha value is -7.55. The third-order valence-corrected chi connectivity index (χ3v) is 13.7. The number of aliphatic hydroxyl groups is 1. The van der Waals surface area contributed by atoms with Crippen molar-refractivity contribution < 1.29 is 68.3 Å². The van der Waals surface area contributed by atoms with Gasteiger partial charge in [-0.15, -0.1) is 0 Å². The Morgan fingerprint density at radius 2 is 1.30 bits per heavy atom. The third kappa shape index (κ3) is 17.0. The number of nitrogens with one attached hydrogen (secondary N) is 5. The van der Waals surface area contributed by atoms with Crippen LogP contribution in [-0.2, 0) is 67.2 Å². The molecule has 2 heterocycles. The van der Waals surface area contributed by atoms with Gasteiger partial charge in [-0.1, -0.05) is 101 Å². The molecule has 21 nitrogen and oxygen atoms in total. The molecule has 2 aliphatic rings. The lowest BCUT2D eigenvalue weighted by Crippen LogP contribution is -2.65. The normalized spacial score (nSPS) is 23.5. The summed E-state index contributed by atoms with van der Waals surface area (Å²) in [7, 11) is 1.34. The topological polar surface area (TPSA) is 310 Å². The van der Waals surface area contributed by atoms with Crippen molar-refractivity contribution in [1.29, 1.82) is 0 Å². The first-order chi connectivity index (χ1) is 36.2. The number of carboxylic acid groups (broad SMARTS) is 1. The number of aliphatic hydroxyl groups excluding tert-OH is 1. The molecule has 0 radical (unpaired) electrons. The molecule has 412 valence electrons. The molecule has 76 heavy (non-hydrogen) atoms. The Balaban J connectivity index is 1.62. The molecule has 7 amide bonds. The number of carbonyl (C=O) groups is 9. The zero-order valence-corrected chi connectivity index (χ0v) is 43.7. The monoisotopic (exact) mass is 1060 g/mol. The molecule has 21 heteroatoms. The molecule has 2 aliphatic heterocycles. The molecular weight excluding hydrogens is 983 g/mol. The van der Waals surface area contributed by atoms with Crippen LogP contribution in [0.5, 0.6) is 11.5 Å². The number of unbranched alkanes of at least 4 members (excludes halogenated alkanes) is 4. The first kappa shape index (κ1) is 59.3. The number of likely N-dealkylation sites (N-methyl/N-ethyl adjacent to an activating group) is 1. The van der Waals surface area contributed by atoms with E-state index in [1.807, 2.05) is 6.92 Å². The lowest BCUT2D eigenvalue weighted by atomic mass is 9.95. The summed E-state index contributed by atoms with van der Waals surface area (Å²) in [5, 5.41) is 54.5. The number of phenols is 2. The molecule has 2 saturated heterocycles. The minimum atomic E-state index is -1.86. The number of phenolic OH excluding ortho intramolecular Hbond substituents is 2. The molecule has 0 aliphatic carbocycles. The zero-order valence-electron chi connectivity index (χ0n) is 43.7. The number of fused-ring (bicyclic) bond motifs is 2. The van der Waals surface area contributed by atoms with Gasteiger partial charge in [-0.25, -0.2) is 4.79 Å². The molecule has 2 fully saturated rings. The van der Waals surface area contributed by atoms with Crippen LogP contribution in [-0.4, -0.2) is 145 Å². The summed E-state index contributed by atoms with van der Waals surface area (Å²) >= 11 is 0. The average molecular weight is 1060 g/mol. The Labute approximate surface area is 442 Å². The minimum Gasteiger partial charge on any atom is -0.508 e. The summed E-state index contributed by atoms with van der Waals surface area (Å²) in [5.41, 5.74) is 1.49. The van der Waals surface area contributed by atoms with E-state index >= 15 is 4.79 Å². The standard InChI is InChI=1S/C55H73N7O14/c1-6-7-8-9-13-16-44(65)56-39(26-28-46(67)68)49(69)60-48-33(4)76-55(75)47(32(2)3)59-51(71)42(30-36-19-23-38(64)24-20-36)61(5)54(74)43(31-34-14-11-10-12-15-34)62-45(66)27-25-40(53(62)73)57-50(70)41(58-52(48)72)29-35-17-21-37(63)22-18-35/h10-12,14-15,17-24,32-33,39-43,45,47-48,63-64,66H,6-9,13,16,25-31H2,1-5H3,(H,56,65)(H,57,70)(H,58,72)(H,59,71)(H,60,69)(H,67,68). The van der Waals surface area contributed by atoms with Crippen molar-refractivity contribution in [2.24, 2.45) is 5.92 Å². The summed E-state index contributed by atoms with van der Waals surface area (Å²) < 4.78 is 5.91. The Morgan fingerprint density at radius 3 is 1.91 bits per heavy atom. The number of rotatable bonds is 19. The average Bonchev–Trinajstić information content (AvgIpc) is 3.38. The number of aliphatic carboxylic acids is 1. The van der Waals surface area contributed by atoms with E-state index in [1.165, 1.54) is 50.4 Å². The van der Waals surface area contributed by atoms with Gasteiger partial charge in [0.25, 0.3) is 0 Å². The van der Waals surface area contributed by atoms with E-state index in [0.29, 0.717) is 23.1 Å². The van der Waals surface area contributed by atoms with Crippen LogP contribution in [0.1, 0.15) is 109 Å². The van der Waals surface area contributed by atoms with Crippen LogP contribution >= 0.6 is 0 Å². The van der Waals surface area contributed by atoms with Crippen molar-refractivity contribution in [3.63, 3.8) is 0 Å². The SMILES string of the molecule is CCCCCCCC(=O)NC(CCC(=O)O)C(=O)NC1C(=O)NC(Cc2ccc(O)cc2)C(=O)NC2CCC(O)N(C2=O)C(Cc2ccccc2)C(=O)N(C)C(Cc2ccc(O)cc2)C(=O)NC(C(C)C)C(=O)OC1C. The number of hydrogen-bond acceptors (Lipinski definition) is 13. The quantitative estimate of drug-likeness (QED) is 0.0616. The summed E-state index contributed by atoms with van der Waals surface area (Å²) in [6.07, 6.45) is -0.812. The number of hydrogen-bond donors (Lipinski definition) is 9. The van der Waals surface area contributed by atoms with Gasteiger partial charge in [0.1, 0.15) is 66.1 Å². The lowest BCUT2D eigenvalue weighted by Gasteiger charge is -2.43. The smallest absolute Gasteiger partial charge is 0.329 e. The number of benzene rings is 3. The highest BCUT2D eigenvalue weighted by Crippen LogP contribution is 2.26. The Bertz CT molecular complexity index is 2490. The molecule has 9 N–H and O–H groups in total. The van der Waals surface area contributed by atoms with Crippen molar-refractivity contribution in [1.82, 2.24) is 36.4 Å². The van der Waals surface area contributed by atoms with Crippen molar-refractivity contribution >= 4 is 53.3 Å². The van der Waals surface area contributed by atoms with Gasteiger partial charge in [-0.05, 0) is 79.5 Å². The second kappa shape index (κ2) is 28.4. The molecule has 9 atom stereocenters.